The SMILES string of the molecule is CN=C(NCCN1CCCS1(=O)=O)N1CCC(Cc2ccc(F)cc2)C1. The van der Waals surface area contributed by atoms with Crippen molar-refractivity contribution in [3.8, 4) is 0 Å². The first-order chi connectivity index (χ1) is 12.5. The predicted octanol–water partition coefficient (Wildman–Crippen LogP) is 1.30. The lowest BCUT2D eigenvalue weighted by Gasteiger charge is -2.23. The van der Waals surface area contributed by atoms with E-state index in [0.717, 1.165) is 37.5 Å². The third-order valence-corrected chi connectivity index (χ3v) is 7.04. The van der Waals surface area contributed by atoms with E-state index in [0.29, 0.717) is 32.0 Å². The number of hydrogen-bond donors (Lipinski definition) is 1. The molecule has 0 bridgehead atoms. The van der Waals surface area contributed by atoms with E-state index < -0.39 is 10.0 Å². The standard InChI is InChI=1S/C18H27FN4O2S/c1-20-18(21-8-11-23-9-2-12-26(23,24)25)22-10-7-16(14-22)13-15-3-5-17(19)6-4-15/h3-6,16H,2,7-14H2,1H3,(H,20,21). The molecule has 6 nitrogen and oxygen atoms in total. The molecule has 1 N–H and O–H groups in total. The summed E-state index contributed by atoms with van der Waals surface area (Å²) in [5.74, 6) is 1.39. The van der Waals surface area contributed by atoms with Crippen molar-refractivity contribution in [1.29, 1.82) is 0 Å². The third-order valence-electron chi connectivity index (χ3n) is 5.08. The highest BCUT2D eigenvalue weighted by atomic mass is 32.2. The van der Waals surface area contributed by atoms with Crippen LogP contribution >= 0.6 is 0 Å². The van der Waals surface area contributed by atoms with Crippen LogP contribution in [0.4, 0.5) is 4.39 Å². The zero-order valence-corrected chi connectivity index (χ0v) is 16.0. The van der Waals surface area contributed by atoms with Gasteiger partial charge in [-0.05, 0) is 42.9 Å². The van der Waals surface area contributed by atoms with Crippen molar-refractivity contribution in [2.75, 3.05) is 45.5 Å². The summed E-state index contributed by atoms with van der Waals surface area (Å²) in [6.45, 7) is 3.48. The molecule has 3 rings (SSSR count). The molecular formula is C18H27FN4O2S. The number of hydrogen-bond acceptors (Lipinski definition) is 3. The molecule has 1 aromatic carbocycles. The van der Waals surface area contributed by atoms with Gasteiger partial charge < -0.3 is 10.2 Å². The predicted molar refractivity (Wildman–Crippen MR) is 101 cm³/mol. The average Bonchev–Trinajstić information content (AvgIpc) is 3.20. The maximum absolute atomic E-state index is 13.0. The fourth-order valence-corrected chi connectivity index (χ4v) is 5.24. The fourth-order valence-electron chi connectivity index (χ4n) is 3.71. The van der Waals surface area contributed by atoms with E-state index in [1.54, 1.807) is 11.4 Å². The van der Waals surface area contributed by atoms with Crippen LogP contribution < -0.4 is 5.32 Å². The number of nitrogens with one attached hydrogen (secondary N) is 1. The lowest BCUT2D eigenvalue weighted by molar-refractivity contribution is 0.429. The van der Waals surface area contributed by atoms with Gasteiger partial charge in [-0.1, -0.05) is 12.1 Å². The van der Waals surface area contributed by atoms with Crippen LogP contribution in [-0.4, -0.2) is 69.1 Å². The van der Waals surface area contributed by atoms with Gasteiger partial charge in [0, 0.05) is 39.8 Å². The maximum atomic E-state index is 13.0. The molecule has 0 amide bonds. The van der Waals surface area contributed by atoms with Gasteiger partial charge >= 0.3 is 0 Å². The Hall–Kier alpha value is -1.67. The van der Waals surface area contributed by atoms with Gasteiger partial charge in [-0.25, -0.2) is 17.1 Å². The van der Waals surface area contributed by atoms with Crippen molar-refractivity contribution in [1.82, 2.24) is 14.5 Å². The number of sulfonamides is 1. The summed E-state index contributed by atoms with van der Waals surface area (Å²) < 4.78 is 38.2. The van der Waals surface area contributed by atoms with E-state index in [1.165, 1.54) is 12.1 Å². The highest BCUT2D eigenvalue weighted by Crippen LogP contribution is 2.21. The van der Waals surface area contributed by atoms with Gasteiger partial charge in [0.15, 0.2) is 5.96 Å². The molecule has 26 heavy (non-hydrogen) atoms. The molecule has 0 saturated carbocycles. The molecule has 0 aromatic heterocycles. The molecule has 2 aliphatic rings. The largest absolute Gasteiger partial charge is 0.355 e. The van der Waals surface area contributed by atoms with E-state index in [2.05, 4.69) is 15.2 Å². The Morgan fingerprint density at radius 2 is 2.08 bits per heavy atom. The molecule has 0 aliphatic carbocycles. The topological polar surface area (TPSA) is 65.0 Å². The molecule has 2 heterocycles. The Balaban J connectivity index is 1.46. The smallest absolute Gasteiger partial charge is 0.214 e. The van der Waals surface area contributed by atoms with Crippen LogP contribution in [0.25, 0.3) is 0 Å². The zero-order chi connectivity index (χ0) is 18.6. The molecular weight excluding hydrogens is 355 g/mol. The molecule has 0 spiro atoms. The normalized spacial score (nSPS) is 23.5. The maximum Gasteiger partial charge on any atom is 0.214 e. The molecule has 1 aromatic rings. The number of aliphatic imine (C=N–C) groups is 1. The van der Waals surface area contributed by atoms with Crippen LogP contribution in [-0.2, 0) is 16.4 Å². The minimum atomic E-state index is -3.04. The minimum Gasteiger partial charge on any atom is -0.355 e. The third kappa shape index (κ3) is 4.73. The number of benzene rings is 1. The summed E-state index contributed by atoms with van der Waals surface area (Å²) in [7, 11) is -1.29. The van der Waals surface area contributed by atoms with Gasteiger partial charge in [-0.15, -0.1) is 0 Å². The van der Waals surface area contributed by atoms with Crippen molar-refractivity contribution in [2.45, 2.75) is 19.3 Å². The molecule has 1 unspecified atom stereocenters. The second kappa shape index (κ2) is 8.35. The summed E-state index contributed by atoms with van der Waals surface area (Å²) >= 11 is 0. The first kappa shape index (κ1) is 19.1. The first-order valence-electron chi connectivity index (χ1n) is 9.16. The fraction of sp³-hybridized carbons (Fsp3) is 0.611. The van der Waals surface area contributed by atoms with E-state index in [9.17, 15) is 12.8 Å². The quantitative estimate of drug-likeness (QED) is 0.616. The summed E-state index contributed by atoms with van der Waals surface area (Å²) in [6, 6.07) is 6.72. The van der Waals surface area contributed by atoms with Crippen LogP contribution in [0.1, 0.15) is 18.4 Å². The Labute approximate surface area is 155 Å². The Bertz CT molecular complexity index is 736. The van der Waals surface area contributed by atoms with Gasteiger partial charge in [0.2, 0.25) is 10.0 Å². The van der Waals surface area contributed by atoms with Crippen LogP contribution in [0.2, 0.25) is 0 Å². The summed E-state index contributed by atoms with van der Waals surface area (Å²) in [6.07, 6.45) is 2.71. The minimum absolute atomic E-state index is 0.202. The second-order valence-corrected chi connectivity index (χ2v) is 9.06. The van der Waals surface area contributed by atoms with Crippen LogP contribution in [0.15, 0.2) is 29.3 Å². The molecule has 2 aliphatic heterocycles. The van der Waals surface area contributed by atoms with Gasteiger partial charge in [0.05, 0.1) is 5.75 Å². The number of guanidine groups is 1. The van der Waals surface area contributed by atoms with E-state index in [-0.39, 0.29) is 11.6 Å². The number of likely N-dealkylation sites (tertiary alicyclic amines) is 1. The molecule has 2 saturated heterocycles. The molecule has 0 radical (unpaired) electrons. The zero-order valence-electron chi connectivity index (χ0n) is 15.2. The van der Waals surface area contributed by atoms with E-state index in [4.69, 9.17) is 0 Å². The molecule has 8 heteroatoms. The number of nitrogens with zero attached hydrogens (tertiary/aromatic N) is 3. The van der Waals surface area contributed by atoms with E-state index in [1.807, 2.05) is 12.1 Å². The summed E-state index contributed by atoms with van der Waals surface area (Å²) in [5.41, 5.74) is 1.15. The number of halogens is 1. The highest BCUT2D eigenvalue weighted by Gasteiger charge is 2.28. The lowest BCUT2D eigenvalue weighted by Crippen LogP contribution is -2.43. The number of rotatable bonds is 5. The van der Waals surface area contributed by atoms with Gasteiger partial charge in [-0.2, -0.15) is 0 Å². The van der Waals surface area contributed by atoms with Crippen molar-refractivity contribution in [2.24, 2.45) is 10.9 Å². The van der Waals surface area contributed by atoms with Crippen LogP contribution in [0, 0.1) is 11.7 Å². The molecule has 144 valence electrons. The second-order valence-electron chi connectivity index (χ2n) is 6.97. The molecule has 1 atom stereocenters. The Morgan fingerprint density at radius 3 is 2.73 bits per heavy atom. The summed E-state index contributed by atoms with van der Waals surface area (Å²) in [4.78, 5) is 6.55. The monoisotopic (exact) mass is 382 g/mol. The van der Waals surface area contributed by atoms with Crippen molar-refractivity contribution >= 4 is 16.0 Å². The average molecular weight is 383 g/mol. The molecule has 2 fully saturated rings. The van der Waals surface area contributed by atoms with Crippen LogP contribution in [0.3, 0.4) is 0 Å². The van der Waals surface area contributed by atoms with Crippen molar-refractivity contribution in [3.63, 3.8) is 0 Å². The summed E-state index contributed by atoms with van der Waals surface area (Å²) in [5, 5.41) is 3.29. The van der Waals surface area contributed by atoms with Gasteiger partial charge in [0.25, 0.3) is 0 Å². The highest BCUT2D eigenvalue weighted by molar-refractivity contribution is 7.89. The Morgan fingerprint density at radius 1 is 1.31 bits per heavy atom. The van der Waals surface area contributed by atoms with E-state index >= 15 is 0 Å². The van der Waals surface area contributed by atoms with Crippen molar-refractivity contribution < 1.29 is 12.8 Å². The van der Waals surface area contributed by atoms with Gasteiger partial charge in [0.1, 0.15) is 5.82 Å². The lowest BCUT2D eigenvalue weighted by atomic mass is 9.99. The Kier molecular flexibility index (Phi) is 6.13. The first-order valence-corrected chi connectivity index (χ1v) is 10.8. The van der Waals surface area contributed by atoms with Gasteiger partial charge in [-0.3, -0.25) is 4.99 Å². The van der Waals surface area contributed by atoms with Crippen LogP contribution in [0.5, 0.6) is 0 Å². The van der Waals surface area contributed by atoms with Crippen molar-refractivity contribution in [3.05, 3.63) is 35.6 Å².